The van der Waals surface area contributed by atoms with Crippen molar-refractivity contribution in [2.75, 3.05) is 7.11 Å². The van der Waals surface area contributed by atoms with Gasteiger partial charge in [0, 0.05) is 7.11 Å². The molecular formula is C12H16O6. The van der Waals surface area contributed by atoms with Crippen LogP contribution in [0.25, 0.3) is 0 Å². The summed E-state index contributed by atoms with van der Waals surface area (Å²) in [5.74, 6) is -5.40. The van der Waals surface area contributed by atoms with E-state index >= 15 is 0 Å². The van der Waals surface area contributed by atoms with Gasteiger partial charge in [0.05, 0.1) is 5.56 Å². The highest BCUT2D eigenvalue weighted by Crippen LogP contribution is 2.51. The average molecular weight is 256 g/mol. The third-order valence-electron chi connectivity index (χ3n) is 3.13. The zero-order chi connectivity index (χ0) is 13.6. The van der Waals surface area contributed by atoms with Gasteiger partial charge in [0.25, 0.3) is 5.79 Å². The largest absolute Gasteiger partial charge is 0.434 e. The maximum absolute atomic E-state index is 9.76. The van der Waals surface area contributed by atoms with Crippen molar-refractivity contribution in [2.24, 2.45) is 0 Å². The summed E-state index contributed by atoms with van der Waals surface area (Å²) in [6.45, 7) is 0. The van der Waals surface area contributed by atoms with Crippen LogP contribution in [0, 0.1) is 0 Å². The Morgan fingerprint density at radius 1 is 1.11 bits per heavy atom. The van der Waals surface area contributed by atoms with E-state index in [9.17, 15) is 20.4 Å². The third-order valence-corrected chi connectivity index (χ3v) is 3.13. The lowest BCUT2D eigenvalue weighted by atomic mass is 9.96. The minimum atomic E-state index is -2.99. The first kappa shape index (κ1) is 13.3. The molecule has 0 unspecified atom stereocenters. The lowest BCUT2D eigenvalue weighted by molar-refractivity contribution is -0.426. The number of hydrogen-bond donors (Lipinski definition) is 5. The second kappa shape index (κ2) is 4.18. The highest BCUT2D eigenvalue weighted by molar-refractivity contribution is 5.49. The van der Waals surface area contributed by atoms with E-state index < -0.39 is 11.8 Å². The van der Waals surface area contributed by atoms with E-state index in [4.69, 9.17) is 9.84 Å². The van der Waals surface area contributed by atoms with Gasteiger partial charge in [-0.15, -0.1) is 0 Å². The van der Waals surface area contributed by atoms with Crippen LogP contribution in [0.2, 0.25) is 0 Å². The van der Waals surface area contributed by atoms with Crippen LogP contribution in [0.5, 0.6) is 5.75 Å². The quantitative estimate of drug-likeness (QED) is 0.427. The number of aliphatic hydroxyl groups excluding tert-OH is 1. The molecule has 5 N–H and O–H groups in total. The molecule has 0 radical (unpaired) electrons. The Morgan fingerprint density at radius 3 is 2.28 bits per heavy atom. The molecule has 0 amide bonds. The maximum Gasteiger partial charge on any atom is 0.384 e. The van der Waals surface area contributed by atoms with E-state index in [1.54, 1.807) is 12.1 Å². The van der Waals surface area contributed by atoms with E-state index in [0.717, 1.165) is 20.0 Å². The van der Waals surface area contributed by atoms with Crippen molar-refractivity contribution in [3.05, 3.63) is 29.3 Å². The number of rotatable bonds is 1. The molecule has 0 aromatic heterocycles. The minimum absolute atomic E-state index is 0.0718. The molecule has 1 aliphatic heterocycles. The van der Waals surface area contributed by atoms with E-state index in [0.29, 0.717) is 5.56 Å². The lowest BCUT2D eigenvalue weighted by Crippen LogP contribution is -2.51. The SMILES string of the molecule is CO.OC1(O)Oc2cccc(C3CC3)c2C1(O)O. The van der Waals surface area contributed by atoms with Crippen molar-refractivity contribution in [3.8, 4) is 5.75 Å². The summed E-state index contributed by atoms with van der Waals surface area (Å²) < 4.78 is 4.74. The summed E-state index contributed by atoms with van der Waals surface area (Å²) in [7, 11) is 1.00. The molecule has 1 aromatic rings. The maximum atomic E-state index is 9.76. The van der Waals surface area contributed by atoms with Gasteiger partial charge in [-0.2, -0.15) is 0 Å². The van der Waals surface area contributed by atoms with Gasteiger partial charge in [-0.3, -0.25) is 0 Å². The van der Waals surface area contributed by atoms with E-state index in [1.807, 2.05) is 0 Å². The Kier molecular flexibility index (Phi) is 3.08. The van der Waals surface area contributed by atoms with Crippen LogP contribution in [-0.4, -0.2) is 38.6 Å². The standard InChI is InChI=1S/C11H12O5.CH4O/c12-10(13)9-7(6-4-5-6)2-1-3-8(9)16-11(10,14)15;1-2/h1-3,6,12-15H,4-5H2;2H,1H3. The van der Waals surface area contributed by atoms with E-state index in [2.05, 4.69) is 0 Å². The predicted molar refractivity (Wildman–Crippen MR) is 60.5 cm³/mol. The van der Waals surface area contributed by atoms with Crippen LogP contribution in [0.1, 0.15) is 29.9 Å². The molecule has 1 aromatic carbocycles. The van der Waals surface area contributed by atoms with Gasteiger partial charge < -0.3 is 30.3 Å². The molecule has 1 aliphatic carbocycles. The van der Waals surface area contributed by atoms with Crippen LogP contribution in [-0.2, 0) is 5.79 Å². The summed E-state index contributed by atoms with van der Waals surface area (Å²) in [4.78, 5) is 0. The molecule has 0 atom stereocenters. The van der Waals surface area contributed by atoms with Gasteiger partial charge >= 0.3 is 5.97 Å². The van der Waals surface area contributed by atoms with Crippen molar-refractivity contribution in [1.82, 2.24) is 0 Å². The summed E-state index contributed by atoms with van der Waals surface area (Å²) in [6.07, 6.45) is 1.94. The Morgan fingerprint density at radius 2 is 1.72 bits per heavy atom. The highest BCUT2D eigenvalue weighted by atomic mass is 16.8. The number of aliphatic hydroxyl groups is 5. The molecule has 6 heteroatoms. The van der Waals surface area contributed by atoms with Gasteiger partial charge in [-0.05, 0) is 30.4 Å². The topological polar surface area (TPSA) is 110 Å². The number of benzene rings is 1. The second-order valence-corrected chi connectivity index (χ2v) is 4.38. The zero-order valence-corrected chi connectivity index (χ0v) is 9.87. The van der Waals surface area contributed by atoms with Crippen LogP contribution in [0.3, 0.4) is 0 Å². The average Bonchev–Trinajstić information content (AvgIpc) is 3.11. The summed E-state index contributed by atoms with van der Waals surface area (Å²) in [5.41, 5.74) is 0.787. The molecule has 1 saturated carbocycles. The first-order chi connectivity index (χ1) is 8.43. The van der Waals surface area contributed by atoms with Gasteiger partial charge in [0.1, 0.15) is 5.75 Å². The smallest absolute Gasteiger partial charge is 0.384 e. The molecular weight excluding hydrogens is 240 g/mol. The number of fused-ring (bicyclic) bond motifs is 1. The van der Waals surface area contributed by atoms with Crippen molar-refractivity contribution in [2.45, 2.75) is 30.5 Å². The second-order valence-electron chi connectivity index (χ2n) is 4.38. The van der Waals surface area contributed by atoms with Crippen LogP contribution in [0.4, 0.5) is 0 Å². The Bertz CT molecular complexity index is 450. The molecule has 0 saturated heterocycles. The Balaban J connectivity index is 0.000000574. The molecule has 3 rings (SSSR count). The molecule has 2 aliphatic rings. The molecule has 6 nitrogen and oxygen atoms in total. The van der Waals surface area contributed by atoms with Crippen molar-refractivity contribution in [3.63, 3.8) is 0 Å². The van der Waals surface area contributed by atoms with Gasteiger partial charge in [0.2, 0.25) is 0 Å². The number of ether oxygens (including phenoxy) is 1. The highest BCUT2D eigenvalue weighted by Gasteiger charge is 2.60. The molecule has 100 valence electrons. The first-order valence-corrected chi connectivity index (χ1v) is 5.60. The summed E-state index contributed by atoms with van der Waals surface area (Å²) in [6, 6.07) is 4.93. The Hall–Kier alpha value is -1.18. The summed E-state index contributed by atoms with van der Waals surface area (Å²) >= 11 is 0. The molecule has 1 heterocycles. The first-order valence-electron chi connectivity index (χ1n) is 5.60. The fourth-order valence-electron chi connectivity index (χ4n) is 2.13. The Labute approximate surface area is 104 Å². The van der Waals surface area contributed by atoms with Crippen molar-refractivity contribution < 1.29 is 30.3 Å². The molecule has 18 heavy (non-hydrogen) atoms. The van der Waals surface area contributed by atoms with Crippen molar-refractivity contribution >= 4 is 0 Å². The fraction of sp³-hybridized carbons (Fsp3) is 0.500. The molecule has 0 spiro atoms. The van der Waals surface area contributed by atoms with E-state index in [-0.39, 0.29) is 17.2 Å². The summed E-state index contributed by atoms with van der Waals surface area (Å²) in [5, 5.41) is 45.3. The van der Waals surface area contributed by atoms with Crippen LogP contribution >= 0.6 is 0 Å². The molecule has 0 bridgehead atoms. The van der Waals surface area contributed by atoms with Gasteiger partial charge in [-0.1, -0.05) is 12.1 Å². The molecule has 1 fully saturated rings. The third kappa shape index (κ3) is 1.79. The zero-order valence-electron chi connectivity index (χ0n) is 9.87. The number of hydrogen-bond acceptors (Lipinski definition) is 6. The normalized spacial score (nSPS) is 22.6. The lowest BCUT2D eigenvalue weighted by Gasteiger charge is -2.26. The fourth-order valence-corrected chi connectivity index (χ4v) is 2.13. The van der Waals surface area contributed by atoms with Crippen LogP contribution < -0.4 is 4.74 Å². The van der Waals surface area contributed by atoms with Crippen LogP contribution in [0.15, 0.2) is 18.2 Å². The van der Waals surface area contributed by atoms with E-state index in [1.165, 1.54) is 6.07 Å². The van der Waals surface area contributed by atoms with Gasteiger partial charge in [0.15, 0.2) is 0 Å². The predicted octanol–water partition coefficient (Wildman–Crippen LogP) is -0.659. The monoisotopic (exact) mass is 256 g/mol. The van der Waals surface area contributed by atoms with Crippen molar-refractivity contribution in [1.29, 1.82) is 0 Å². The minimum Gasteiger partial charge on any atom is -0.434 e. The van der Waals surface area contributed by atoms with Gasteiger partial charge in [-0.25, -0.2) is 0 Å².